The van der Waals surface area contributed by atoms with Gasteiger partial charge in [0.1, 0.15) is 0 Å². The van der Waals surface area contributed by atoms with Crippen LogP contribution >= 0.6 is 15.9 Å². The molecule has 0 heterocycles. The van der Waals surface area contributed by atoms with Gasteiger partial charge in [0.25, 0.3) is 0 Å². The van der Waals surface area contributed by atoms with Gasteiger partial charge < -0.3 is 4.90 Å². The number of hydrogen-bond acceptors (Lipinski definition) is 1. The molecule has 34 heavy (non-hydrogen) atoms. The third kappa shape index (κ3) is 3.98. The van der Waals surface area contributed by atoms with Crippen molar-refractivity contribution < 1.29 is 0 Å². The third-order valence-electron chi connectivity index (χ3n) is 6.26. The quantitative estimate of drug-likeness (QED) is 0.218. The summed E-state index contributed by atoms with van der Waals surface area (Å²) in [5, 5.41) is 5.01. The Hall–Kier alpha value is -3.88. The largest absolute Gasteiger partial charge is 0.310 e. The summed E-state index contributed by atoms with van der Waals surface area (Å²) in [6, 6.07) is 47.6. The molecule has 0 aliphatic heterocycles. The molecule has 6 aromatic rings. The average molecular weight is 500 g/mol. The molecule has 1 nitrogen and oxygen atoms in total. The van der Waals surface area contributed by atoms with Crippen molar-refractivity contribution in [3.8, 4) is 11.1 Å². The molecule has 0 aromatic heterocycles. The molecule has 0 N–H and O–H groups in total. The maximum absolute atomic E-state index is 3.58. The molecule has 0 atom stereocenters. The number of anilines is 3. The fourth-order valence-electron chi connectivity index (χ4n) is 4.54. The van der Waals surface area contributed by atoms with E-state index >= 15 is 0 Å². The molecule has 0 amide bonds. The Bertz CT molecular complexity index is 1590. The number of halogens is 1. The van der Waals surface area contributed by atoms with Crippen LogP contribution in [0.1, 0.15) is 0 Å². The van der Waals surface area contributed by atoms with E-state index in [-0.39, 0.29) is 0 Å². The minimum Gasteiger partial charge on any atom is -0.310 e. The first kappa shape index (κ1) is 20.7. The van der Waals surface area contributed by atoms with Crippen molar-refractivity contribution in [3.05, 3.63) is 138 Å². The molecule has 6 aromatic carbocycles. The summed E-state index contributed by atoms with van der Waals surface area (Å²) in [6.45, 7) is 0. The fourth-order valence-corrected chi connectivity index (χ4v) is 4.80. The Labute approximate surface area is 208 Å². The summed E-state index contributed by atoms with van der Waals surface area (Å²) in [4.78, 5) is 2.32. The lowest BCUT2D eigenvalue weighted by Gasteiger charge is -2.26. The van der Waals surface area contributed by atoms with E-state index in [0.717, 1.165) is 21.5 Å². The minimum absolute atomic E-state index is 1.07. The molecular weight excluding hydrogens is 478 g/mol. The molecule has 0 aliphatic rings. The normalized spacial score (nSPS) is 11.1. The molecule has 2 heteroatoms. The summed E-state index contributed by atoms with van der Waals surface area (Å²) < 4.78 is 1.07. The number of hydrogen-bond donors (Lipinski definition) is 0. The van der Waals surface area contributed by atoms with Crippen LogP contribution in [0.4, 0.5) is 17.1 Å². The van der Waals surface area contributed by atoms with Crippen LogP contribution in [0.15, 0.2) is 138 Å². The molecule has 0 saturated heterocycles. The van der Waals surface area contributed by atoms with E-state index in [1.807, 2.05) is 0 Å². The molecule has 0 spiro atoms. The predicted octanol–water partition coefficient (Wildman–Crippen LogP) is 9.89. The van der Waals surface area contributed by atoms with E-state index in [0.29, 0.717) is 0 Å². The summed E-state index contributed by atoms with van der Waals surface area (Å²) >= 11 is 3.58. The van der Waals surface area contributed by atoms with Crippen LogP contribution in [0, 0.1) is 0 Å². The predicted molar refractivity (Wildman–Crippen MR) is 149 cm³/mol. The first-order valence-corrected chi connectivity index (χ1v) is 12.2. The van der Waals surface area contributed by atoms with Crippen molar-refractivity contribution >= 4 is 54.5 Å². The first-order valence-electron chi connectivity index (χ1n) is 11.4. The van der Waals surface area contributed by atoms with Crippen molar-refractivity contribution in [1.82, 2.24) is 0 Å². The first-order chi connectivity index (χ1) is 16.7. The van der Waals surface area contributed by atoms with E-state index in [9.17, 15) is 0 Å². The van der Waals surface area contributed by atoms with Crippen LogP contribution < -0.4 is 4.90 Å². The second-order valence-electron chi connectivity index (χ2n) is 8.46. The summed E-state index contributed by atoms with van der Waals surface area (Å²) in [5.41, 5.74) is 5.82. The summed E-state index contributed by atoms with van der Waals surface area (Å²) in [7, 11) is 0. The van der Waals surface area contributed by atoms with Crippen molar-refractivity contribution in [1.29, 1.82) is 0 Å². The van der Waals surface area contributed by atoms with Gasteiger partial charge >= 0.3 is 0 Å². The zero-order chi connectivity index (χ0) is 22.9. The van der Waals surface area contributed by atoms with Crippen molar-refractivity contribution in [2.24, 2.45) is 0 Å². The van der Waals surface area contributed by atoms with Gasteiger partial charge in [-0.2, -0.15) is 0 Å². The van der Waals surface area contributed by atoms with Gasteiger partial charge in [-0.15, -0.1) is 0 Å². The maximum atomic E-state index is 3.58. The van der Waals surface area contributed by atoms with E-state index in [1.165, 1.54) is 32.7 Å². The highest BCUT2D eigenvalue weighted by molar-refractivity contribution is 9.10. The minimum atomic E-state index is 1.07. The lowest BCUT2D eigenvalue weighted by atomic mass is 10.0. The second-order valence-corrected chi connectivity index (χ2v) is 9.37. The summed E-state index contributed by atoms with van der Waals surface area (Å²) in [5.74, 6) is 0. The number of fused-ring (bicyclic) bond motifs is 2. The van der Waals surface area contributed by atoms with Gasteiger partial charge in [0.15, 0.2) is 0 Å². The molecule has 0 aliphatic carbocycles. The molecular formula is C32H22BrN. The molecule has 6 rings (SSSR count). The SMILES string of the molecule is Brc1ccc(N(c2ccc(-c3ccccc3)cc2)c2ccc3cc4ccccc4cc3c2)cc1. The van der Waals surface area contributed by atoms with E-state index < -0.39 is 0 Å². The van der Waals surface area contributed by atoms with E-state index in [2.05, 4.69) is 154 Å². The second kappa shape index (κ2) is 8.81. The number of nitrogens with zero attached hydrogens (tertiary/aromatic N) is 1. The van der Waals surface area contributed by atoms with Gasteiger partial charge in [0, 0.05) is 21.5 Å². The van der Waals surface area contributed by atoms with Crippen molar-refractivity contribution in [2.75, 3.05) is 4.90 Å². The van der Waals surface area contributed by atoms with Gasteiger partial charge in [0.05, 0.1) is 0 Å². The average Bonchev–Trinajstić information content (AvgIpc) is 2.89. The van der Waals surface area contributed by atoms with Gasteiger partial charge in [-0.25, -0.2) is 0 Å². The van der Waals surface area contributed by atoms with Gasteiger partial charge in [0.2, 0.25) is 0 Å². The van der Waals surface area contributed by atoms with Gasteiger partial charge in [-0.1, -0.05) is 88.7 Å². The van der Waals surface area contributed by atoms with E-state index in [4.69, 9.17) is 0 Å². The topological polar surface area (TPSA) is 3.24 Å². The van der Waals surface area contributed by atoms with Crippen molar-refractivity contribution in [3.63, 3.8) is 0 Å². The van der Waals surface area contributed by atoms with Crippen LogP contribution in [0.2, 0.25) is 0 Å². The Morgan fingerprint density at radius 2 is 0.882 bits per heavy atom. The number of rotatable bonds is 4. The van der Waals surface area contributed by atoms with E-state index in [1.54, 1.807) is 0 Å². The lowest BCUT2D eigenvalue weighted by molar-refractivity contribution is 1.29. The Kier molecular flexibility index (Phi) is 5.37. The molecule has 0 bridgehead atoms. The maximum Gasteiger partial charge on any atom is 0.0468 e. The van der Waals surface area contributed by atoms with Crippen LogP contribution in [0.3, 0.4) is 0 Å². The molecule has 0 saturated carbocycles. The van der Waals surface area contributed by atoms with Gasteiger partial charge in [-0.3, -0.25) is 0 Å². The van der Waals surface area contributed by atoms with Crippen LogP contribution in [-0.2, 0) is 0 Å². The van der Waals surface area contributed by atoms with Crippen LogP contribution in [-0.4, -0.2) is 0 Å². The Morgan fingerprint density at radius 3 is 1.56 bits per heavy atom. The standard InChI is InChI=1S/C32H22BrN/c33-29-13-18-31(19-14-29)34(30-15-10-24(11-16-30)23-6-2-1-3-7-23)32-17-12-27-20-25-8-4-5-9-26(25)21-28(27)22-32/h1-22H. The Morgan fingerprint density at radius 1 is 0.382 bits per heavy atom. The number of benzene rings is 6. The van der Waals surface area contributed by atoms with Crippen LogP contribution in [0.25, 0.3) is 32.7 Å². The fraction of sp³-hybridized carbons (Fsp3) is 0. The zero-order valence-electron chi connectivity index (χ0n) is 18.5. The molecule has 0 unspecified atom stereocenters. The highest BCUT2D eigenvalue weighted by Crippen LogP contribution is 2.38. The summed E-state index contributed by atoms with van der Waals surface area (Å²) in [6.07, 6.45) is 0. The lowest BCUT2D eigenvalue weighted by Crippen LogP contribution is -2.09. The molecule has 162 valence electrons. The highest BCUT2D eigenvalue weighted by atomic mass is 79.9. The smallest absolute Gasteiger partial charge is 0.0468 e. The zero-order valence-corrected chi connectivity index (χ0v) is 20.1. The Balaban J connectivity index is 1.48. The third-order valence-corrected chi connectivity index (χ3v) is 6.79. The highest BCUT2D eigenvalue weighted by Gasteiger charge is 2.13. The van der Waals surface area contributed by atoms with Crippen LogP contribution in [0.5, 0.6) is 0 Å². The monoisotopic (exact) mass is 499 g/mol. The van der Waals surface area contributed by atoms with Crippen molar-refractivity contribution in [2.45, 2.75) is 0 Å². The van der Waals surface area contributed by atoms with Gasteiger partial charge in [-0.05, 0) is 93.3 Å². The molecule has 0 fully saturated rings. The molecule has 0 radical (unpaired) electrons.